The molecule has 0 aliphatic carbocycles. The predicted octanol–water partition coefficient (Wildman–Crippen LogP) is 2.20. The van der Waals surface area contributed by atoms with Crippen LogP contribution in [0.2, 0.25) is 0 Å². The second-order valence-corrected chi connectivity index (χ2v) is 6.99. The Morgan fingerprint density at radius 2 is 1.61 bits per heavy atom. The lowest BCUT2D eigenvalue weighted by Crippen LogP contribution is -2.34. The van der Waals surface area contributed by atoms with Gasteiger partial charge in [0.25, 0.3) is 5.91 Å². The van der Waals surface area contributed by atoms with Gasteiger partial charge < -0.3 is 20.1 Å². The molecule has 0 unspecified atom stereocenters. The van der Waals surface area contributed by atoms with Crippen molar-refractivity contribution in [1.82, 2.24) is 10.6 Å². The summed E-state index contributed by atoms with van der Waals surface area (Å²) in [5, 5.41) is 5.21. The van der Waals surface area contributed by atoms with E-state index >= 15 is 0 Å². The number of nitrogens with one attached hydrogen (secondary N) is 2. The fraction of sp³-hybridized carbons (Fsp3) is 0.500. The number of ether oxygens (including phenoxy) is 2. The van der Waals surface area contributed by atoms with E-state index in [0.717, 1.165) is 0 Å². The second kappa shape index (κ2) is 11.1. The Labute approximate surface area is 166 Å². The van der Waals surface area contributed by atoms with Gasteiger partial charge in [-0.2, -0.15) is 0 Å². The summed E-state index contributed by atoms with van der Waals surface area (Å²) in [6, 6.07) is 4.61. The van der Waals surface area contributed by atoms with Crippen LogP contribution in [-0.2, 0) is 25.7 Å². The second-order valence-electron chi connectivity index (χ2n) is 6.99. The molecule has 2 N–H and O–H groups in total. The van der Waals surface area contributed by atoms with Crippen molar-refractivity contribution in [3.05, 3.63) is 29.3 Å². The zero-order valence-corrected chi connectivity index (χ0v) is 16.3. The Bertz CT molecular complexity index is 722. The number of rotatable bonds is 7. The van der Waals surface area contributed by atoms with Gasteiger partial charge in [-0.15, -0.1) is 0 Å². The largest absolute Gasteiger partial charge is 0.461 e. The van der Waals surface area contributed by atoms with Crippen molar-refractivity contribution in [2.24, 2.45) is 5.41 Å². The van der Waals surface area contributed by atoms with Crippen molar-refractivity contribution < 1.29 is 28.7 Å². The number of esters is 2. The minimum atomic E-state index is -0.741. The van der Waals surface area contributed by atoms with Crippen molar-refractivity contribution in [2.75, 3.05) is 13.1 Å². The Kier molecular flexibility index (Phi) is 9.91. The lowest BCUT2D eigenvalue weighted by atomic mass is 9.97. The molecule has 28 heavy (non-hydrogen) atoms. The first kappa shape index (κ1) is 25.1. The maximum absolute atomic E-state index is 12.5. The number of hydrogen-bond donors (Lipinski definition) is 2. The van der Waals surface area contributed by atoms with Crippen LogP contribution in [0, 0.1) is 5.41 Å². The van der Waals surface area contributed by atoms with Crippen LogP contribution in [0.25, 0.3) is 0 Å². The van der Waals surface area contributed by atoms with Gasteiger partial charge in [0, 0.05) is 26.9 Å². The molecule has 0 saturated carbocycles. The molecule has 8 nitrogen and oxygen atoms in total. The molecule has 0 aromatic heterocycles. The zero-order valence-electron chi connectivity index (χ0n) is 16.3. The summed E-state index contributed by atoms with van der Waals surface area (Å²) >= 11 is 0. The molecule has 0 saturated heterocycles. The summed E-state index contributed by atoms with van der Waals surface area (Å²) in [4.78, 5) is 46.5. The van der Waals surface area contributed by atoms with E-state index in [0.29, 0.717) is 5.56 Å². The van der Waals surface area contributed by atoms with Gasteiger partial charge in [-0.3, -0.25) is 19.2 Å². The number of carbonyl (C=O) groups excluding carboxylic acids is 4. The van der Waals surface area contributed by atoms with E-state index in [2.05, 4.69) is 10.6 Å². The molecule has 0 atom stereocenters. The summed E-state index contributed by atoms with van der Waals surface area (Å²) < 4.78 is 10.3. The molecule has 156 valence electrons. The van der Waals surface area contributed by atoms with E-state index in [4.69, 9.17) is 9.47 Å². The van der Waals surface area contributed by atoms with Crippen LogP contribution in [0.4, 0.5) is 0 Å². The summed E-state index contributed by atoms with van der Waals surface area (Å²) in [6.07, 6.45) is 0. The van der Waals surface area contributed by atoms with Gasteiger partial charge in [0.05, 0.1) is 11.0 Å². The van der Waals surface area contributed by atoms with E-state index in [-0.39, 0.29) is 44.3 Å². The third kappa shape index (κ3) is 8.66. The van der Waals surface area contributed by atoms with Gasteiger partial charge >= 0.3 is 11.9 Å². The lowest BCUT2D eigenvalue weighted by Gasteiger charge is -2.18. The quantitative estimate of drug-likeness (QED) is 0.417. The van der Waals surface area contributed by atoms with E-state index in [1.807, 2.05) is 0 Å². The van der Waals surface area contributed by atoms with Gasteiger partial charge in [-0.1, -0.05) is 13.5 Å². The lowest BCUT2D eigenvalue weighted by molar-refractivity contribution is -0.143. The molecule has 0 bridgehead atoms. The highest BCUT2D eigenvalue weighted by molar-refractivity contribution is 5.98. The molecule has 2 amide bonds. The van der Waals surface area contributed by atoms with Crippen LogP contribution in [0.5, 0.6) is 5.75 Å². The number of amides is 2. The minimum absolute atomic E-state index is 0. The van der Waals surface area contributed by atoms with Crippen LogP contribution in [0.15, 0.2) is 18.2 Å². The smallest absolute Gasteiger partial charge is 0.316 e. The van der Waals surface area contributed by atoms with Gasteiger partial charge in [0.15, 0.2) is 0 Å². The maximum atomic E-state index is 12.5. The van der Waals surface area contributed by atoms with Crippen molar-refractivity contribution >= 4 is 23.8 Å². The first-order valence-corrected chi connectivity index (χ1v) is 8.52. The Morgan fingerprint density at radius 3 is 2.14 bits per heavy atom. The highest BCUT2D eigenvalue weighted by Gasteiger charge is 2.26. The van der Waals surface area contributed by atoms with Crippen LogP contribution in [-0.4, -0.2) is 36.8 Å². The molecule has 0 spiro atoms. The van der Waals surface area contributed by atoms with Crippen molar-refractivity contribution in [3.8, 4) is 5.75 Å². The molecule has 0 heterocycles. The summed E-state index contributed by atoms with van der Waals surface area (Å²) in [5.74, 6) is -1.49. The fourth-order valence-electron chi connectivity index (χ4n) is 1.88. The van der Waals surface area contributed by atoms with Crippen molar-refractivity contribution in [1.29, 1.82) is 0 Å². The average molecular weight is 394 g/mol. The normalized spacial score (nSPS) is 10.3. The van der Waals surface area contributed by atoms with Gasteiger partial charge in [0.1, 0.15) is 12.4 Å². The first-order chi connectivity index (χ1) is 12.5. The summed E-state index contributed by atoms with van der Waals surface area (Å²) in [7, 11) is 0. The van der Waals surface area contributed by atoms with Crippen LogP contribution < -0.4 is 15.4 Å². The van der Waals surface area contributed by atoms with E-state index in [1.54, 1.807) is 26.8 Å². The highest BCUT2D eigenvalue weighted by Crippen LogP contribution is 2.24. The van der Waals surface area contributed by atoms with Gasteiger partial charge in [0.2, 0.25) is 5.91 Å². The molecular weight excluding hydrogens is 364 g/mol. The summed E-state index contributed by atoms with van der Waals surface area (Å²) in [5.41, 5.74) is -0.0249. The van der Waals surface area contributed by atoms with Crippen molar-refractivity contribution in [3.63, 3.8) is 0 Å². The topological polar surface area (TPSA) is 111 Å². The Hall–Kier alpha value is -2.90. The standard InChI is InChI=1S/C19H26N2O6.CH4/c1-12(22)20-8-9-21-17(24)15-10-14(11-26-13(2)23)6-7-16(15)27-18(25)19(3,4)5;/h6-7,10H,8-9,11H2,1-5H3,(H,20,22)(H,21,24);1H4. The maximum Gasteiger partial charge on any atom is 0.316 e. The third-order valence-corrected chi connectivity index (χ3v) is 3.33. The third-order valence-electron chi connectivity index (χ3n) is 3.33. The van der Waals surface area contributed by atoms with Gasteiger partial charge in [-0.25, -0.2) is 0 Å². The Balaban J connectivity index is 0.00000729. The molecule has 1 aromatic carbocycles. The molecule has 0 aliphatic rings. The zero-order chi connectivity index (χ0) is 20.6. The van der Waals surface area contributed by atoms with Crippen LogP contribution >= 0.6 is 0 Å². The summed E-state index contributed by atoms with van der Waals surface area (Å²) in [6.45, 7) is 8.26. The van der Waals surface area contributed by atoms with Crippen LogP contribution in [0.3, 0.4) is 0 Å². The van der Waals surface area contributed by atoms with Gasteiger partial charge in [-0.05, 0) is 38.5 Å². The van der Waals surface area contributed by atoms with E-state index in [1.165, 1.54) is 26.0 Å². The fourth-order valence-corrected chi connectivity index (χ4v) is 1.88. The van der Waals surface area contributed by atoms with Crippen molar-refractivity contribution in [2.45, 2.75) is 48.7 Å². The molecular formula is C20H30N2O6. The number of carbonyl (C=O) groups is 4. The monoisotopic (exact) mass is 394 g/mol. The molecule has 0 fully saturated rings. The van der Waals surface area contributed by atoms with Crippen LogP contribution in [0.1, 0.15) is 58.0 Å². The molecule has 8 heteroatoms. The average Bonchev–Trinajstić information content (AvgIpc) is 2.56. The molecule has 0 aliphatic heterocycles. The number of benzene rings is 1. The molecule has 1 rings (SSSR count). The van der Waals surface area contributed by atoms with E-state index in [9.17, 15) is 19.2 Å². The predicted molar refractivity (Wildman–Crippen MR) is 105 cm³/mol. The molecule has 0 radical (unpaired) electrons. The van der Waals surface area contributed by atoms with E-state index < -0.39 is 23.3 Å². The first-order valence-electron chi connectivity index (χ1n) is 8.52. The molecule has 1 aromatic rings. The number of hydrogen-bond acceptors (Lipinski definition) is 6. The highest BCUT2D eigenvalue weighted by atomic mass is 16.5. The minimum Gasteiger partial charge on any atom is -0.461 e. The Morgan fingerprint density at radius 1 is 1.00 bits per heavy atom. The SMILES string of the molecule is C.CC(=O)NCCNC(=O)c1cc(COC(C)=O)ccc1OC(=O)C(C)(C)C.